The highest BCUT2D eigenvalue weighted by molar-refractivity contribution is 7.18. The van der Waals surface area contributed by atoms with Gasteiger partial charge in [-0.15, -0.1) is 11.3 Å². The fraction of sp³-hybridized carbons (Fsp3) is 0.316. The van der Waals surface area contributed by atoms with Gasteiger partial charge in [-0.1, -0.05) is 12.1 Å². The Kier molecular flexibility index (Phi) is 4.82. The van der Waals surface area contributed by atoms with E-state index in [0.29, 0.717) is 22.5 Å². The number of para-hydroxylation sites is 1. The zero-order chi connectivity index (χ0) is 19.0. The molecular weight excluding hydrogens is 350 g/mol. The Morgan fingerprint density at radius 2 is 1.96 bits per heavy atom. The standard InChI is InChI=1S/C19H21N3O3S/c1-10-15(19(24)25-5)11(2)20-16(10)18(23)22(4)12(3)17-21-13-8-6-7-9-14(13)26-17/h6-9,12,20H,1-5H3/t12-/m1/s1. The number of hydrogen-bond donors (Lipinski definition) is 1. The number of benzene rings is 1. The van der Waals surface area contributed by atoms with Gasteiger partial charge in [0, 0.05) is 12.7 Å². The predicted molar refractivity (Wildman–Crippen MR) is 102 cm³/mol. The molecule has 1 aromatic carbocycles. The maximum Gasteiger partial charge on any atom is 0.339 e. The molecule has 0 saturated carbocycles. The largest absolute Gasteiger partial charge is 0.465 e. The molecule has 1 atom stereocenters. The zero-order valence-electron chi connectivity index (χ0n) is 15.4. The molecule has 0 aliphatic rings. The number of amides is 1. The lowest BCUT2D eigenvalue weighted by Gasteiger charge is -2.23. The maximum atomic E-state index is 13.0. The minimum Gasteiger partial charge on any atom is -0.465 e. The second-order valence-corrected chi connectivity index (χ2v) is 7.29. The van der Waals surface area contributed by atoms with E-state index in [1.54, 1.807) is 37.1 Å². The fourth-order valence-electron chi connectivity index (χ4n) is 2.96. The summed E-state index contributed by atoms with van der Waals surface area (Å²) in [6.45, 7) is 5.45. The smallest absolute Gasteiger partial charge is 0.339 e. The molecule has 0 fully saturated rings. The van der Waals surface area contributed by atoms with E-state index in [9.17, 15) is 9.59 Å². The fourth-order valence-corrected chi connectivity index (χ4v) is 4.02. The second kappa shape index (κ2) is 6.92. The van der Waals surface area contributed by atoms with Gasteiger partial charge in [0.25, 0.3) is 5.91 Å². The summed E-state index contributed by atoms with van der Waals surface area (Å²) >= 11 is 1.58. The molecule has 1 amide bonds. The van der Waals surface area contributed by atoms with Crippen molar-refractivity contribution >= 4 is 33.4 Å². The first-order valence-corrected chi connectivity index (χ1v) is 9.06. The van der Waals surface area contributed by atoms with Crippen LogP contribution in [-0.2, 0) is 4.74 Å². The Bertz CT molecular complexity index is 956. The molecule has 0 bridgehead atoms. The van der Waals surface area contributed by atoms with Crippen LogP contribution in [0.1, 0.15) is 50.1 Å². The number of thiazole rings is 1. The third kappa shape index (κ3) is 2.99. The average Bonchev–Trinajstić information content (AvgIpc) is 3.20. The van der Waals surface area contributed by atoms with Crippen LogP contribution >= 0.6 is 11.3 Å². The molecule has 0 aliphatic carbocycles. The van der Waals surface area contributed by atoms with Crippen molar-refractivity contribution < 1.29 is 14.3 Å². The Morgan fingerprint density at radius 3 is 2.62 bits per heavy atom. The number of carbonyl (C=O) groups excluding carboxylic acids is 2. The van der Waals surface area contributed by atoms with Crippen molar-refractivity contribution in [2.75, 3.05) is 14.2 Å². The van der Waals surface area contributed by atoms with Crippen LogP contribution in [0.2, 0.25) is 0 Å². The Morgan fingerprint density at radius 1 is 1.27 bits per heavy atom. The summed E-state index contributed by atoms with van der Waals surface area (Å²) in [7, 11) is 3.07. The molecule has 0 spiro atoms. The normalized spacial score (nSPS) is 12.2. The number of aromatic amines is 1. The molecule has 0 radical (unpaired) electrons. The number of hydrogen-bond acceptors (Lipinski definition) is 5. The number of aromatic nitrogens is 2. The van der Waals surface area contributed by atoms with Gasteiger partial charge in [-0.05, 0) is 38.5 Å². The number of rotatable bonds is 4. The average molecular weight is 371 g/mol. The molecule has 26 heavy (non-hydrogen) atoms. The van der Waals surface area contributed by atoms with Crippen molar-refractivity contribution in [3.63, 3.8) is 0 Å². The van der Waals surface area contributed by atoms with E-state index in [4.69, 9.17) is 4.74 Å². The Labute approximate surface area is 155 Å². The van der Waals surface area contributed by atoms with Crippen molar-refractivity contribution in [2.24, 2.45) is 0 Å². The third-order valence-corrected chi connectivity index (χ3v) is 5.82. The number of methoxy groups -OCH3 is 1. The Balaban J connectivity index is 1.91. The first kappa shape index (κ1) is 18.1. The van der Waals surface area contributed by atoms with Crippen molar-refractivity contribution in [1.82, 2.24) is 14.9 Å². The lowest BCUT2D eigenvalue weighted by Crippen LogP contribution is -2.30. The van der Waals surface area contributed by atoms with E-state index in [-0.39, 0.29) is 11.9 Å². The van der Waals surface area contributed by atoms with Crippen LogP contribution in [0.25, 0.3) is 10.2 Å². The van der Waals surface area contributed by atoms with E-state index >= 15 is 0 Å². The number of esters is 1. The van der Waals surface area contributed by atoms with E-state index in [2.05, 4.69) is 9.97 Å². The number of carbonyl (C=O) groups is 2. The van der Waals surface area contributed by atoms with Crippen molar-refractivity contribution in [1.29, 1.82) is 0 Å². The molecule has 136 valence electrons. The van der Waals surface area contributed by atoms with E-state index in [0.717, 1.165) is 15.2 Å². The van der Waals surface area contributed by atoms with E-state index in [1.165, 1.54) is 7.11 Å². The summed E-state index contributed by atoms with van der Waals surface area (Å²) < 4.78 is 5.90. The summed E-state index contributed by atoms with van der Waals surface area (Å²) in [6, 6.07) is 7.72. The highest BCUT2D eigenvalue weighted by Gasteiger charge is 2.27. The predicted octanol–water partition coefficient (Wildman–Crippen LogP) is 3.86. The number of ether oxygens (including phenoxy) is 1. The van der Waals surface area contributed by atoms with Crippen molar-refractivity contribution in [2.45, 2.75) is 26.8 Å². The number of nitrogens with zero attached hydrogens (tertiary/aromatic N) is 2. The lowest BCUT2D eigenvalue weighted by molar-refractivity contribution is 0.0599. The monoisotopic (exact) mass is 371 g/mol. The van der Waals surface area contributed by atoms with Crippen LogP contribution in [0.3, 0.4) is 0 Å². The summed E-state index contributed by atoms with van der Waals surface area (Å²) in [5.74, 6) is -0.635. The first-order valence-electron chi connectivity index (χ1n) is 8.25. The van der Waals surface area contributed by atoms with Gasteiger partial charge in [0.15, 0.2) is 0 Å². The third-order valence-electron chi connectivity index (χ3n) is 4.61. The molecule has 6 nitrogen and oxygen atoms in total. The van der Waals surface area contributed by atoms with Gasteiger partial charge in [-0.3, -0.25) is 4.79 Å². The topological polar surface area (TPSA) is 75.3 Å². The highest BCUT2D eigenvalue weighted by atomic mass is 32.1. The minimum atomic E-state index is -0.447. The van der Waals surface area contributed by atoms with E-state index in [1.807, 2.05) is 31.2 Å². The molecule has 0 saturated heterocycles. The zero-order valence-corrected chi connectivity index (χ0v) is 16.2. The number of nitrogens with one attached hydrogen (secondary N) is 1. The molecule has 7 heteroatoms. The molecule has 2 heterocycles. The van der Waals surface area contributed by atoms with Crippen LogP contribution in [-0.4, -0.2) is 40.9 Å². The maximum absolute atomic E-state index is 13.0. The molecular formula is C19H21N3O3S. The quantitative estimate of drug-likeness (QED) is 0.707. The summed E-state index contributed by atoms with van der Waals surface area (Å²) in [5.41, 5.74) is 2.97. The molecule has 0 aliphatic heterocycles. The molecule has 3 aromatic rings. The number of fused-ring (bicyclic) bond motifs is 1. The van der Waals surface area contributed by atoms with Crippen molar-refractivity contribution in [3.05, 3.63) is 51.8 Å². The van der Waals surface area contributed by atoms with Crippen LogP contribution in [0.15, 0.2) is 24.3 Å². The summed E-state index contributed by atoms with van der Waals surface area (Å²) in [6.07, 6.45) is 0. The van der Waals surface area contributed by atoms with Crippen LogP contribution in [0.4, 0.5) is 0 Å². The van der Waals surface area contributed by atoms with Crippen LogP contribution in [0.5, 0.6) is 0 Å². The molecule has 0 unspecified atom stereocenters. The number of aryl methyl sites for hydroxylation is 1. The minimum absolute atomic E-state index is 0.187. The van der Waals surface area contributed by atoms with Gasteiger partial charge in [-0.2, -0.15) is 0 Å². The molecule has 3 rings (SSSR count). The highest BCUT2D eigenvalue weighted by Crippen LogP contribution is 2.30. The second-order valence-electron chi connectivity index (χ2n) is 6.23. The number of H-pyrrole nitrogens is 1. The van der Waals surface area contributed by atoms with Gasteiger partial charge in [0.1, 0.15) is 10.7 Å². The molecule has 2 aromatic heterocycles. The molecule has 1 N–H and O–H groups in total. The lowest BCUT2D eigenvalue weighted by atomic mass is 10.1. The van der Waals surface area contributed by atoms with E-state index < -0.39 is 5.97 Å². The van der Waals surface area contributed by atoms with Crippen LogP contribution < -0.4 is 0 Å². The SMILES string of the molecule is COC(=O)c1c(C)[nH]c(C(=O)N(C)[C@H](C)c2nc3ccccc3s2)c1C. The van der Waals surface area contributed by atoms with Gasteiger partial charge in [-0.25, -0.2) is 9.78 Å². The van der Waals surface area contributed by atoms with Gasteiger partial charge in [0.05, 0.1) is 28.9 Å². The summed E-state index contributed by atoms with van der Waals surface area (Å²) in [4.78, 5) is 34.2. The van der Waals surface area contributed by atoms with Gasteiger partial charge < -0.3 is 14.6 Å². The van der Waals surface area contributed by atoms with Gasteiger partial charge >= 0.3 is 5.97 Å². The van der Waals surface area contributed by atoms with Crippen molar-refractivity contribution in [3.8, 4) is 0 Å². The van der Waals surface area contributed by atoms with Gasteiger partial charge in [0.2, 0.25) is 0 Å². The Hall–Kier alpha value is -2.67. The summed E-state index contributed by atoms with van der Waals surface area (Å²) in [5, 5.41) is 0.871. The van der Waals surface area contributed by atoms with Crippen LogP contribution in [0, 0.1) is 13.8 Å². The first-order chi connectivity index (χ1) is 12.3.